The maximum absolute atomic E-state index is 2.17. The third-order valence-electron chi connectivity index (χ3n) is 2.40. The van der Waals surface area contributed by atoms with Gasteiger partial charge >= 0.3 is 0 Å². The van der Waals surface area contributed by atoms with Crippen molar-refractivity contribution in [1.29, 1.82) is 0 Å². The van der Waals surface area contributed by atoms with Crippen LogP contribution >= 0.6 is 23.5 Å². The van der Waals surface area contributed by atoms with Crippen molar-refractivity contribution >= 4 is 23.5 Å². The van der Waals surface area contributed by atoms with E-state index in [1.165, 1.54) is 68.0 Å². The molecule has 0 aromatic rings. The van der Waals surface area contributed by atoms with Gasteiger partial charge in [0.1, 0.15) is 0 Å². The first-order valence-electron chi connectivity index (χ1n) is 5.65. The van der Waals surface area contributed by atoms with Crippen LogP contribution in [0.1, 0.15) is 44.9 Å². The Morgan fingerprint density at radius 1 is 0.385 bits per heavy atom. The smallest absolute Gasteiger partial charge is 0.00675 e. The summed E-state index contributed by atoms with van der Waals surface area (Å²) in [6, 6.07) is 0. The van der Waals surface area contributed by atoms with Crippen LogP contribution in [0.25, 0.3) is 0 Å². The maximum Gasteiger partial charge on any atom is -0.00675 e. The zero-order valence-corrected chi connectivity index (χ0v) is 10.2. The minimum atomic E-state index is 1.41. The van der Waals surface area contributed by atoms with Gasteiger partial charge in [0.05, 0.1) is 0 Å². The van der Waals surface area contributed by atoms with Crippen LogP contribution < -0.4 is 0 Å². The molecule has 0 bridgehead atoms. The fraction of sp³-hybridized carbons (Fsp3) is 1.00. The van der Waals surface area contributed by atoms with Gasteiger partial charge in [-0.15, -0.1) is 0 Å². The van der Waals surface area contributed by atoms with Gasteiger partial charge in [-0.3, -0.25) is 0 Å². The molecule has 0 atom stereocenters. The summed E-state index contributed by atoms with van der Waals surface area (Å²) in [4.78, 5) is 0. The average molecular weight is 218 g/mol. The molecule has 0 spiro atoms. The lowest BCUT2D eigenvalue weighted by atomic mass is 10.2. The van der Waals surface area contributed by atoms with Crippen LogP contribution in [0.15, 0.2) is 0 Å². The van der Waals surface area contributed by atoms with E-state index in [9.17, 15) is 0 Å². The Labute approximate surface area is 91.6 Å². The number of rotatable bonds is 0. The van der Waals surface area contributed by atoms with Gasteiger partial charge in [-0.25, -0.2) is 0 Å². The van der Waals surface area contributed by atoms with Gasteiger partial charge in [-0.1, -0.05) is 19.3 Å². The first-order valence-corrected chi connectivity index (χ1v) is 7.96. The molecule has 0 unspecified atom stereocenters. The van der Waals surface area contributed by atoms with E-state index in [0.717, 1.165) is 0 Å². The Morgan fingerprint density at radius 2 is 0.692 bits per heavy atom. The summed E-state index contributed by atoms with van der Waals surface area (Å²) in [5, 5.41) is 0. The van der Waals surface area contributed by atoms with Crippen LogP contribution in [-0.4, -0.2) is 23.0 Å². The van der Waals surface area contributed by atoms with Crippen LogP contribution in [0.3, 0.4) is 0 Å². The predicted octanol–water partition coefficient (Wildman–Crippen LogP) is 4.20. The number of thioether (sulfide) groups is 2. The van der Waals surface area contributed by atoms with E-state index in [4.69, 9.17) is 0 Å². The highest BCUT2D eigenvalue weighted by atomic mass is 32.2. The Morgan fingerprint density at radius 3 is 1.08 bits per heavy atom. The zero-order chi connectivity index (χ0) is 9.19. The Balaban J connectivity index is 2.01. The second-order valence-electron chi connectivity index (χ2n) is 3.70. The fourth-order valence-electron chi connectivity index (χ4n) is 1.55. The molecule has 0 saturated carbocycles. The minimum absolute atomic E-state index is 1.41. The largest absolute Gasteiger partial charge is 0.162 e. The molecule has 0 radical (unpaired) electrons. The van der Waals surface area contributed by atoms with E-state index in [1.54, 1.807) is 0 Å². The molecular formula is C11H22S2. The molecule has 0 N–H and O–H groups in total. The lowest BCUT2D eigenvalue weighted by molar-refractivity contribution is 0.711. The van der Waals surface area contributed by atoms with Crippen LogP contribution in [-0.2, 0) is 0 Å². The van der Waals surface area contributed by atoms with Gasteiger partial charge in [0, 0.05) is 0 Å². The summed E-state index contributed by atoms with van der Waals surface area (Å²) in [6.45, 7) is 0. The molecule has 1 aliphatic rings. The van der Waals surface area contributed by atoms with Gasteiger partial charge in [0.15, 0.2) is 0 Å². The molecule has 0 aromatic carbocycles. The fourth-order valence-corrected chi connectivity index (χ4v) is 3.59. The molecule has 1 aliphatic heterocycles. The predicted molar refractivity (Wildman–Crippen MR) is 67.0 cm³/mol. The van der Waals surface area contributed by atoms with Crippen LogP contribution in [0, 0.1) is 0 Å². The van der Waals surface area contributed by atoms with Crippen LogP contribution in [0.5, 0.6) is 0 Å². The molecule has 1 heterocycles. The van der Waals surface area contributed by atoms with Gasteiger partial charge in [-0.2, -0.15) is 23.5 Å². The zero-order valence-electron chi connectivity index (χ0n) is 8.59. The summed E-state index contributed by atoms with van der Waals surface area (Å²) in [7, 11) is 0. The summed E-state index contributed by atoms with van der Waals surface area (Å²) in [5.74, 6) is 5.63. The van der Waals surface area contributed by atoms with E-state index >= 15 is 0 Å². The normalized spacial score (nSPS) is 24.0. The van der Waals surface area contributed by atoms with Gasteiger partial charge < -0.3 is 0 Å². The monoisotopic (exact) mass is 218 g/mol. The molecule has 1 rings (SSSR count). The lowest BCUT2D eigenvalue weighted by Gasteiger charge is -2.00. The van der Waals surface area contributed by atoms with Gasteiger partial charge in [-0.05, 0) is 48.7 Å². The van der Waals surface area contributed by atoms with E-state index < -0.39 is 0 Å². The van der Waals surface area contributed by atoms with Crippen molar-refractivity contribution < 1.29 is 0 Å². The molecule has 0 aromatic heterocycles. The van der Waals surface area contributed by atoms with Crippen LogP contribution in [0.2, 0.25) is 0 Å². The summed E-state index contributed by atoms with van der Waals surface area (Å²) in [6.07, 6.45) is 10.2. The maximum atomic E-state index is 2.17. The summed E-state index contributed by atoms with van der Waals surface area (Å²) < 4.78 is 0. The topological polar surface area (TPSA) is 0 Å². The average Bonchev–Trinajstić information content (AvgIpc) is 2.18. The van der Waals surface area contributed by atoms with Gasteiger partial charge in [0.25, 0.3) is 0 Å². The van der Waals surface area contributed by atoms with Crippen molar-refractivity contribution in [3.8, 4) is 0 Å². The highest BCUT2D eigenvalue weighted by Crippen LogP contribution is 2.15. The lowest BCUT2D eigenvalue weighted by Crippen LogP contribution is -1.85. The van der Waals surface area contributed by atoms with E-state index in [0.29, 0.717) is 0 Å². The molecule has 78 valence electrons. The molecule has 1 saturated heterocycles. The van der Waals surface area contributed by atoms with Crippen molar-refractivity contribution in [2.75, 3.05) is 23.0 Å². The second-order valence-corrected chi connectivity index (χ2v) is 6.15. The van der Waals surface area contributed by atoms with E-state index in [-0.39, 0.29) is 0 Å². The second kappa shape index (κ2) is 9.26. The highest BCUT2D eigenvalue weighted by Gasteiger charge is 1.96. The van der Waals surface area contributed by atoms with Gasteiger partial charge in [0.2, 0.25) is 0 Å². The first kappa shape index (κ1) is 11.8. The van der Waals surface area contributed by atoms with Crippen molar-refractivity contribution in [1.82, 2.24) is 0 Å². The third kappa shape index (κ3) is 7.75. The van der Waals surface area contributed by atoms with Crippen molar-refractivity contribution in [2.45, 2.75) is 44.9 Å². The molecule has 0 nitrogen and oxygen atoms in total. The standard InChI is InChI=1S/C11H22S2/c1-2-5-9-13-11-7-3-6-10-12-8-4-1/h1-11H2. The van der Waals surface area contributed by atoms with Crippen molar-refractivity contribution in [3.05, 3.63) is 0 Å². The number of hydrogen-bond acceptors (Lipinski definition) is 2. The minimum Gasteiger partial charge on any atom is -0.162 e. The van der Waals surface area contributed by atoms with Crippen molar-refractivity contribution in [2.24, 2.45) is 0 Å². The highest BCUT2D eigenvalue weighted by molar-refractivity contribution is 7.99. The first-order chi connectivity index (χ1) is 6.50. The van der Waals surface area contributed by atoms with E-state index in [2.05, 4.69) is 23.5 Å². The van der Waals surface area contributed by atoms with E-state index in [1.807, 2.05) is 0 Å². The van der Waals surface area contributed by atoms with Crippen LogP contribution in [0.4, 0.5) is 0 Å². The third-order valence-corrected chi connectivity index (χ3v) is 4.71. The Hall–Kier alpha value is 0.700. The summed E-state index contributed by atoms with van der Waals surface area (Å²) >= 11 is 4.34. The Bertz CT molecular complexity index is 56.2. The quantitative estimate of drug-likeness (QED) is 0.598. The molecule has 2 heteroatoms. The Kier molecular flexibility index (Phi) is 8.39. The number of hydrogen-bond donors (Lipinski definition) is 0. The molecular weight excluding hydrogens is 196 g/mol. The molecule has 0 aliphatic carbocycles. The molecule has 13 heavy (non-hydrogen) atoms. The summed E-state index contributed by atoms with van der Waals surface area (Å²) in [5.41, 5.74) is 0. The molecule has 0 amide bonds. The molecule has 1 fully saturated rings. The SMILES string of the molecule is C1CCCSCCCCCSCC1. The van der Waals surface area contributed by atoms with Crippen molar-refractivity contribution in [3.63, 3.8) is 0 Å².